The minimum atomic E-state index is -3.46. The lowest BCUT2D eigenvalue weighted by Crippen LogP contribution is -2.29. The van der Waals surface area contributed by atoms with Crippen LogP contribution >= 0.6 is 0 Å². The number of imide groups is 1. The number of hydrogen-bond donors (Lipinski definition) is 3. The second-order valence-electron chi connectivity index (χ2n) is 7.18. The number of halogens is 1. The molecule has 174 valence electrons. The van der Waals surface area contributed by atoms with Crippen LogP contribution in [0.1, 0.15) is 30.7 Å². The number of tetrazole rings is 1. The van der Waals surface area contributed by atoms with Crippen molar-refractivity contribution in [2.75, 3.05) is 25.4 Å². The van der Waals surface area contributed by atoms with Crippen LogP contribution in [0.4, 0.5) is 9.18 Å². The first-order valence-electron chi connectivity index (χ1n) is 10.0. The number of unbranched alkanes of at least 4 members (excludes halogenated alkanes) is 2. The van der Waals surface area contributed by atoms with E-state index < -0.39 is 21.9 Å². The van der Waals surface area contributed by atoms with Crippen molar-refractivity contribution in [3.63, 3.8) is 0 Å². The molecule has 1 fully saturated rings. The Morgan fingerprint density at radius 1 is 1.22 bits per heavy atom. The first-order valence-corrected chi connectivity index (χ1v) is 11.7. The topological polar surface area (TPSA) is 159 Å². The van der Waals surface area contributed by atoms with E-state index in [1.165, 1.54) is 17.0 Å². The summed E-state index contributed by atoms with van der Waals surface area (Å²) in [5.74, 6) is -0.619. The zero-order valence-electron chi connectivity index (χ0n) is 17.2. The van der Waals surface area contributed by atoms with E-state index in [-0.39, 0.29) is 42.9 Å². The number of nitrogens with zero attached hydrogens (tertiary/aromatic N) is 4. The summed E-state index contributed by atoms with van der Waals surface area (Å²) >= 11 is 0. The third-order valence-electron chi connectivity index (χ3n) is 4.69. The van der Waals surface area contributed by atoms with Gasteiger partial charge in [-0.1, -0.05) is 17.7 Å². The number of nitrogens with one attached hydrogen (secondary N) is 3. The molecule has 0 aliphatic carbocycles. The average Bonchev–Trinajstić information content (AvgIpc) is 3.37. The van der Waals surface area contributed by atoms with Crippen molar-refractivity contribution in [2.24, 2.45) is 0 Å². The molecule has 1 aromatic carbocycles. The number of amides is 3. The Bertz CT molecular complexity index is 1030. The van der Waals surface area contributed by atoms with Gasteiger partial charge in [0, 0.05) is 13.1 Å². The molecule has 1 saturated heterocycles. The molecule has 1 aliphatic heterocycles. The fourth-order valence-corrected chi connectivity index (χ4v) is 4.20. The largest absolute Gasteiger partial charge is 0.482 e. The Balaban J connectivity index is 1.35. The normalized spacial score (nSPS) is 14.1. The summed E-state index contributed by atoms with van der Waals surface area (Å²) in [6.45, 7) is 0.565. The highest BCUT2D eigenvalue weighted by atomic mass is 32.2. The molecule has 1 aromatic heterocycles. The second kappa shape index (κ2) is 10.9. The van der Waals surface area contributed by atoms with Gasteiger partial charge in [0.05, 0.1) is 5.75 Å². The summed E-state index contributed by atoms with van der Waals surface area (Å²) in [5, 5.41) is 15.3. The molecule has 3 amide bonds. The van der Waals surface area contributed by atoms with Gasteiger partial charge in [-0.3, -0.25) is 10.1 Å². The molecule has 1 aliphatic rings. The summed E-state index contributed by atoms with van der Waals surface area (Å²) < 4.78 is 46.1. The van der Waals surface area contributed by atoms with Crippen LogP contribution in [0.3, 0.4) is 0 Å². The standard InChI is InChI=1S/C18H24FN7O5S/c19-14-5-4-13(10-15(14)31-12-16-22-24-25-23-16)6-7-20-32(29,30)9-3-1-2-8-26-11-17(27)21-18(26)28/h4-5,10,20H,1-3,6-9,11-12H2,(H,21,27,28)(H,22,23,24,25). The third kappa shape index (κ3) is 7.23. The third-order valence-corrected chi connectivity index (χ3v) is 6.16. The molecule has 0 radical (unpaired) electrons. The van der Waals surface area contributed by atoms with Gasteiger partial charge in [0.25, 0.3) is 0 Å². The van der Waals surface area contributed by atoms with Crippen LogP contribution < -0.4 is 14.8 Å². The Morgan fingerprint density at radius 3 is 2.78 bits per heavy atom. The van der Waals surface area contributed by atoms with E-state index in [2.05, 4.69) is 30.7 Å². The molecule has 12 nitrogen and oxygen atoms in total. The minimum absolute atomic E-state index is 0.0172. The Kier molecular flexibility index (Phi) is 8.05. The number of hydrogen-bond acceptors (Lipinski definition) is 8. The van der Waals surface area contributed by atoms with Gasteiger partial charge >= 0.3 is 6.03 Å². The lowest BCUT2D eigenvalue weighted by atomic mass is 10.1. The molecule has 0 saturated carbocycles. The van der Waals surface area contributed by atoms with Gasteiger partial charge in [0.15, 0.2) is 18.2 Å². The van der Waals surface area contributed by atoms with Crippen LogP contribution in [0.15, 0.2) is 18.2 Å². The number of urea groups is 1. The van der Waals surface area contributed by atoms with E-state index in [0.717, 1.165) is 0 Å². The maximum atomic E-state index is 13.9. The number of rotatable bonds is 13. The van der Waals surface area contributed by atoms with Gasteiger partial charge < -0.3 is 9.64 Å². The van der Waals surface area contributed by atoms with Crippen LogP contribution in [-0.2, 0) is 27.8 Å². The Morgan fingerprint density at radius 2 is 2.06 bits per heavy atom. The molecular weight excluding hydrogens is 445 g/mol. The quantitative estimate of drug-likeness (QED) is 0.275. The summed E-state index contributed by atoms with van der Waals surface area (Å²) in [6.07, 6.45) is 2.01. The number of H-pyrrole nitrogens is 1. The second-order valence-corrected chi connectivity index (χ2v) is 9.11. The highest BCUT2D eigenvalue weighted by Crippen LogP contribution is 2.20. The summed E-state index contributed by atoms with van der Waals surface area (Å²) in [4.78, 5) is 23.9. The number of aromatic nitrogens is 4. The molecule has 0 bridgehead atoms. The van der Waals surface area contributed by atoms with Gasteiger partial charge in [0.2, 0.25) is 21.8 Å². The molecule has 32 heavy (non-hydrogen) atoms. The summed E-state index contributed by atoms with van der Waals surface area (Å²) in [6, 6.07) is 3.91. The molecule has 0 unspecified atom stereocenters. The molecular formula is C18H24FN7O5S. The van der Waals surface area contributed by atoms with Crippen molar-refractivity contribution >= 4 is 22.0 Å². The van der Waals surface area contributed by atoms with Gasteiger partial charge in [-0.05, 0) is 37.0 Å². The fourth-order valence-electron chi connectivity index (χ4n) is 3.06. The van der Waals surface area contributed by atoms with Crippen LogP contribution in [0.5, 0.6) is 5.75 Å². The zero-order chi connectivity index (χ0) is 23.0. The molecule has 0 atom stereocenters. The van der Waals surface area contributed by atoms with Gasteiger partial charge in [-0.2, -0.15) is 5.21 Å². The van der Waals surface area contributed by atoms with E-state index in [4.69, 9.17) is 4.74 Å². The van der Waals surface area contributed by atoms with Crippen molar-refractivity contribution in [2.45, 2.75) is 32.3 Å². The number of aromatic amines is 1. The number of carbonyl (C=O) groups excluding carboxylic acids is 2. The van der Waals surface area contributed by atoms with Gasteiger partial charge in [0.1, 0.15) is 6.54 Å². The van der Waals surface area contributed by atoms with Crippen LogP contribution in [0.2, 0.25) is 0 Å². The van der Waals surface area contributed by atoms with Crippen molar-refractivity contribution in [3.05, 3.63) is 35.4 Å². The monoisotopic (exact) mass is 469 g/mol. The molecule has 2 heterocycles. The fraction of sp³-hybridized carbons (Fsp3) is 0.500. The first-order chi connectivity index (χ1) is 15.3. The smallest absolute Gasteiger partial charge is 0.324 e. The van der Waals surface area contributed by atoms with E-state index in [1.807, 2.05) is 0 Å². The summed E-state index contributed by atoms with van der Waals surface area (Å²) in [5.41, 5.74) is 0.704. The highest BCUT2D eigenvalue weighted by Gasteiger charge is 2.25. The molecule has 2 aromatic rings. The molecule has 0 spiro atoms. The van der Waals surface area contributed by atoms with Crippen molar-refractivity contribution in [1.82, 2.24) is 35.6 Å². The van der Waals surface area contributed by atoms with E-state index in [1.54, 1.807) is 6.07 Å². The molecule has 3 rings (SSSR count). The van der Waals surface area contributed by atoms with Crippen LogP contribution in [-0.4, -0.2) is 71.3 Å². The zero-order valence-corrected chi connectivity index (χ0v) is 18.0. The van der Waals surface area contributed by atoms with Crippen LogP contribution in [0.25, 0.3) is 0 Å². The predicted molar refractivity (Wildman–Crippen MR) is 109 cm³/mol. The maximum absolute atomic E-state index is 13.9. The van der Waals surface area contributed by atoms with Crippen molar-refractivity contribution in [1.29, 1.82) is 0 Å². The summed E-state index contributed by atoms with van der Waals surface area (Å²) in [7, 11) is -3.46. The lowest BCUT2D eigenvalue weighted by molar-refractivity contribution is -0.118. The Labute approximate surface area is 183 Å². The number of ether oxygens (including phenoxy) is 1. The number of sulfonamides is 1. The van der Waals surface area contributed by atoms with Gasteiger partial charge in [-0.25, -0.2) is 22.3 Å². The maximum Gasteiger partial charge on any atom is 0.324 e. The van der Waals surface area contributed by atoms with Crippen molar-refractivity contribution < 1.29 is 27.1 Å². The minimum Gasteiger partial charge on any atom is -0.482 e. The Hall–Kier alpha value is -3.13. The SMILES string of the molecule is O=C1CN(CCCCCS(=O)(=O)NCCc2ccc(F)c(OCc3nn[nH]n3)c2)C(=O)N1. The van der Waals surface area contributed by atoms with E-state index in [0.29, 0.717) is 37.8 Å². The van der Waals surface area contributed by atoms with E-state index in [9.17, 15) is 22.4 Å². The van der Waals surface area contributed by atoms with E-state index >= 15 is 0 Å². The molecule has 3 N–H and O–H groups in total. The number of carbonyl (C=O) groups is 2. The first kappa shape index (κ1) is 23.5. The van der Waals surface area contributed by atoms with Gasteiger partial charge in [-0.15, -0.1) is 10.2 Å². The van der Waals surface area contributed by atoms with Crippen LogP contribution in [0, 0.1) is 5.82 Å². The predicted octanol–water partition coefficient (Wildman–Crippen LogP) is 0.102. The molecule has 14 heteroatoms. The number of benzene rings is 1. The average molecular weight is 469 g/mol. The van der Waals surface area contributed by atoms with Crippen molar-refractivity contribution in [3.8, 4) is 5.75 Å². The lowest BCUT2D eigenvalue weighted by Gasteiger charge is -2.12. The highest BCUT2D eigenvalue weighted by molar-refractivity contribution is 7.89.